The quantitative estimate of drug-likeness (QED) is 0.559. The Kier molecular flexibility index (Phi) is 5.37. The predicted octanol–water partition coefficient (Wildman–Crippen LogP) is 5.17. The number of amides is 2. The molecule has 2 amide bonds. The molecule has 0 radical (unpaired) electrons. The average molecular weight is 438 g/mol. The van der Waals surface area contributed by atoms with Crippen molar-refractivity contribution in [2.24, 2.45) is 0 Å². The first-order chi connectivity index (χ1) is 14.4. The van der Waals surface area contributed by atoms with E-state index in [4.69, 9.17) is 11.6 Å². The summed E-state index contributed by atoms with van der Waals surface area (Å²) in [6, 6.07) is 16.6. The number of anilines is 3. The number of hydrogen-bond donors (Lipinski definition) is 1. The van der Waals surface area contributed by atoms with Crippen LogP contribution >= 0.6 is 22.9 Å². The molecule has 152 valence electrons. The summed E-state index contributed by atoms with van der Waals surface area (Å²) in [6.07, 6.45) is 0. The minimum atomic E-state index is -0.403. The Hall–Kier alpha value is -3.09. The number of carbonyl (C=O) groups is 2. The van der Waals surface area contributed by atoms with Crippen molar-refractivity contribution in [2.45, 2.75) is 6.92 Å². The molecule has 0 saturated carbocycles. The van der Waals surface area contributed by atoms with Crippen molar-refractivity contribution >= 4 is 57.4 Å². The Morgan fingerprint density at radius 2 is 1.73 bits per heavy atom. The van der Waals surface area contributed by atoms with Gasteiger partial charge in [-0.15, -0.1) is 11.3 Å². The molecule has 30 heavy (non-hydrogen) atoms. The zero-order chi connectivity index (χ0) is 21.4. The molecule has 5 nitrogen and oxygen atoms in total. The summed E-state index contributed by atoms with van der Waals surface area (Å²) in [4.78, 5) is 30.6. The van der Waals surface area contributed by atoms with Crippen LogP contribution in [-0.4, -0.2) is 25.9 Å². The third kappa shape index (κ3) is 3.60. The normalized spacial score (nSPS) is 13.9. The summed E-state index contributed by atoms with van der Waals surface area (Å²) in [5.74, 6) is -0.769. The van der Waals surface area contributed by atoms with E-state index in [1.807, 2.05) is 67.7 Å². The summed E-state index contributed by atoms with van der Waals surface area (Å²) in [6.45, 7) is 1.87. The van der Waals surface area contributed by atoms with Gasteiger partial charge in [-0.05, 0) is 60.3 Å². The van der Waals surface area contributed by atoms with Crippen LogP contribution in [0.25, 0.3) is 5.57 Å². The molecule has 0 bridgehead atoms. The fourth-order valence-corrected chi connectivity index (χ4v) is 4.18. The summed E-state index contributed by atoms with van der Waals surface area (Å²) in [5, 5.41) is 5.56. The van der Waals surface area contributed by atoms with Gasteiger partial charge in [-0.25, -0.2) is 4.90 Å². The highest BCUT2D eigenvalue weighted by Crippen LogP contribution is 2.36. The molecule has 2 heterocycles. The Morgan fingerprint density at radius 1 is 1.00 bits per heavy atom. The summed E-state index contributed by atoms with van der Waals surface area (Å²) < 4.78 is 0. The molecule has 1 aliphatic rings. The largest absolute Gasteiger partial charge is 0.378 e. The maximum atomic E-state index is 13.3. The summed E-state index contributed by atoms with van der Waals surface area (Å²) >= 11 is 7.67. The van der Waals surface area contributed by atoms with Crippen LogP contribution in [0.4, 0.5) is 17.1 Å². The molecule has 2 aromatic carbocycles. The number of nitrogens with zero attached hydrogens (tertiary/aromatic N) is 2. The first-order valence-electron chi connectivity index (χ1n) is 9.34. The lowest BCUT2D eigenvalue weighted by atomic mass is 10.1. The van der Waals surface area contributed by atoms with Gasteiger partial charge in [-0.1, -0.05) is 23.7 Å². The highest BCUT2D eigenvalue weighted by Gasteiger charge is 2.40. The van der Waals surface area contributed by atoms with Crippen molar-refractivity contribution in [1.82, 2.24) is 0 Å². The molecule has 1 aromatic heterocycles. The molecule has 3 aromatic rings. The van der Waals surface area contributed by atoms with Crippen LogP contribution in [0, 0.1) is 6.92 Å². The van der Waals surface area contributed by atoms with Gasteiger partial charge in [0.1, 0.15) is 5.70 Å². The Labute approximate surface area is 184 Å². The number of hydrogen-bond acceptors (Lipinski definition) is 5. The van der Waals surface area contributed by atoms with Gasteiger partial charge in [0.2, 0.25) is 0 Å². The minimum absolute atomic E-state index is 0.261. The number of imide groups is 1. The number of rotatable bonds is 5. The van der Waals surface area contributed by atoms with E-state index in [2.05, 4.69) is 5.32 Å². The van der Waals surface area contributed by atoms with E-state index in [0.29, 0.717) is 16.3 Å². The van der Waals surface area contributed by atoms with Crippen molar-refractivity contribution in [3.8, 4) is 0 Å². The van der Waals surface area contributed by atoms with Crippen molar-refractivity contribution in [3.63, 3.8) is 0 Å². The van der Waals surface area contributed by atoms with E-state index in [1.54, 1.807) is 18.2 Å². The molecule has 0 unspecified atom stereocenters. The van der Waals surface area contributed by atoms with Crippen LogP contribution in [0.15, 0.2) is 65.7 Å². The Morgan fingerprint density at radius 3 is 2.33 bits per heavy atom. The molecule has 4 rings (SSSR count). The van der Waals surface area contributed by atoms with Crippen LogP contribution in [0.1, 0.15) is 10.4 Å². The first-order valence-corrected chi connectivity index (χ1v) is 10.6. The van der Waals surface area contributed by atoms with E-state index < -0.39 is 5.91 Å². The molecule has 0 atom stereocenters. The van der Waals surface area contributed by atoms with Crippen molar-refractivity contribution in [1.29, 1.82) is 0 Å². The number of halogens is 1. The third-order valence-electron chi connectivity index (χ3n) is 4.92. The van der Waals surface area contributed by atoms with Gasteiger partial charge in [-0.2, -0.15) is 0 Å². The van der Waals surface area contributed by atoms with Gasteiger partial charge < -0.3 is 10.2 Å². The lowest BCUT2D eigenvalue weighted by Gasteiger charge is -2.16. The highest BCUT2D eigenvalue weighted by atomic mass is 35.5. The topological polar surface area (TPSA) is 52.7 Å². The average Bonchev–Trinajstić information content (AvgIpc) is 3.32. The lowest BCUT2D eigenvalue weighted by molar-refractivity contribution is -0.120. The molecule has 1 aliphatic heterocycles. The molecule has 0 spiro atoms. The van der Waals surface area contributed by atoms with Gasteiger partial charge in [0.15, 0.2) is 0 Å². The Balaban J connectivity index is 1.75. The lowest BCUT2D eigenvalue weighted by Crippen LogP contribution is -2.32. The number of nitrogens with one attached hydrogen (secondary N) is 1. The van der Waals surface area contributed by atoms with E-state index in [0.717, 1.165) is 21.8 Å². The van der Waals surface area contributed by atoms with Gasteiger partial charge in [0.25, 0.3) is 11.8 Å². The van der Waals surface area contributed by atoms with Gasteiger partial charge >= 0.3 is 0 Å². The molecule has 0 fully saturated rings. The van der Waals surface area contributed by atoms with Crippen LogP contribution in [0.2, 0.25) is 5.02 Å². The monoisotopic (exact) mass is 437 g/mol. The maximum Gasteiger partial charge on any atom is 0.282 e. The van der Waals surface area contributed by atoms with Crippen LogP contribution < -0.4 is 15.1 Å². The van der Waals surface area contributed by atoms with E-state index >= 15 is 0 Å². The second-order valence-electron chi connectivity index (χ2n) is 7.17. The molecule has 0 aliphatic carbocycles. The summed E-state index contributed by atoms with van der Waals surface area (Å²) in [5.41, 5.74) is 3.73. The van der Waals surface area contributed by atoms with E-state index in [9.17, 15) is 9.59 Å². The smallest absolute Gasteiger partial charge is 0.282 e. The molecular weight excluding hydrogens is 418 g/mol. The second kappa shape index (κ2) is 7.97. The van der Waals surface area contributed by atoms with Crippen molar-refractivity contribution in [2.75, 3.05) is 29.2 Å². The molecule has 7 heteroatoms. The Bertz CT molecular complexity index is 1150. The predicted molar refractivity (Wildman–Crippen MR) is 124 cm³/mol. The van der Waals surface area contributed by atoms with E-state index in [-0.39, 0.29) is 11.6 Å². The van der Waals surface area contributed by atoms with Crippen LogP contribution in [0.3, 0.4) is 0 Å². The van der Waals surface area contributed by atoms with Crippen LogP contribution in [-0.2, 0) is 9.59 Å². The number of aryl methyl sites for hydroxylation is 1. The van der Waals surface area contributed by atoms with Gasteiger partial charge in [0, 0.05) is 35.4 Å². The van der Waals surface area contributed by atoms with Crippen molar-refractivity contribution < 1.29 is 9.59 Å². The second-order valence-corrected chi connectivity index (χ2v) is 8.53. The third-order valence-corrected chi connectivity index (χ3v) is 6.21. The van der Waals surface area contributed by atoms with Gasteiger partial charge in [-0.3, -0.25) is 9.59 Å². The molecule has 1 N–H and O–H groups in total. The molecular formula is C23H20ClN3O2S. The zero-order valence-electron chi connectivity index (χ0n) is 16.8. The SMILES string of the molecule is Cc1ccc(N2C(=O)C(Nc3ccc(N(C)C)cc3)=C(c3cccs3)C2=O)cc1Cl. The maximum absolute atomic E-state index is 13.3. The molecule has 0 saturated heterocycles. The fraction of sp³-hybridized carbons (Fsp3) is 0.130. The first kappa shape index (κ1) is 20.2. The van der Waals surface area contributed by atoms with Crippen molar-refractivity contribution in [3.05, 3.63) is 81.1 Å². The highest BCUT2D eigenvalue weighted by molar-refractivity contribution is 7.11. The number of thiophene rings is 1. The zero-order valence-corrected chi connectivity index (χ0v) is 18.3. The van der Waals surface area contributed by atoms with E-state index in [1.165, 1.54) is 16.2 Å². The number of benzene rings is 2. The van der Waals surface area contributed by atoms with Crippen LogP contribution in [0.5, 0.6) is 0 Å². The minimum Gasteiger partial charge on any atom is -0.378 e. The standard InChI is InChI=1S/C23H20ClN3O2S/c1-14-6-9-17(13-18(14)24)27-22(28)20(19-5-4-12-30-19)21(23(27)29)25-15-7-10-16(11-8-15)26(2)3/h4-13,25H,1-3H3. The van der Waals surface area contributed by atoms with Gasteiger partial charge in [0.05, 0.1) is 11.3 Å². The summed E-state index contributed by atoms with van der Waals surface area (Å²) in [7, 11) is 3.92. The fourth-order valence-electron chi connectivity index (χ4n) is 3.24. The number of carbonyl (C=O) groups excluding carboxylic acids is 2.